The Kier molecular flexibility index (Phi) is 2.53. The highest BCUT2D eigenvalue weighted by molar-refractivity contribution is 7.62. The van der Waals surface area contributed by atoms with E-state index in [2.05, 4.69) is 0 Å². The lowest BCUT2D eigenvalue weighted by Crippen LogP contribution is -2.14. The summed E-state index contributed by atoms with van der Waals surface area (Å²) in [5.74, 6) is 0. The third kappa shape index (κ3) is 1.92. The molecule has 1 aliphatic carbocycles. The molecule has 1 aliphatic rings. The van der Waals surface area contributed by atoms with E-state index in [1.165, 1.54) is 0 Å². The molecular formula is C7H14NO2P. The van der Waals surface area contributed by atoms with E-state index in [1.54, 1.807) is 6.92 Å². The molecule has 0 aromatic heterocycles. The van der Waals surface area contributed by atoms with Crippen molar-refractivity contribution in [3.8, 4) is 0 Å². The van der Waals surface area contributed by atoms with Crippen LogP contribution in [0.3, 0.4) is 0 Å². The highest BCUT2D eigenvalue weighted by atomic mass is 31.2. The monoisotopic (exact) mass is 175 g/mol. The fraction of sp³-hybridized carbons (Fsp3) is 0.714. The van der Waals surface area contributed by atoms with E-state index in [9.17, 15) is 9.46 Å². The molecular weight excluding hydrogens is 161 g/mol. The van der Waals surface area contributed by atoms with Crippen LogP contribution in [0.1, 0.15) is 19.8 Å². The number of nitrogens with two attached hydrogens (primary N) is 1. The van der Waals surface area contributed by atoms with Crippen LogP contribution in [0.4, 0.5) is 0 Å². The zero-order valence-electron chi connectivity index (χ0n) is 6.66. The Bertz CT molecular complexity index is 224. The molecule has 0 fully saturated rings. The minimum Gasteiger partial charge on any atom is -0.341 e. The number of hydrogen-bond donors (Lipinski definition) is 2. The van der Waals surface area contributed by atoms with E-state index in [0.717, 1.165) is 6.42 Å². The van der Waals surface area contributed by atoms with Crippen LogP contribution in [-0.4, -0.2) is 17.1 Å². The summed E-state index contributed by atoms with van der Waals surface area (Å²) in [4.78, 5) is 9.37. The van der Waals surface area contributed by atoms with Crippen molar-refractivity contribution >= 4 is 7.37 Å². The molecule has 64 valence electrons. The van der Waals surface area contributed by atoms with Crippen LogP contribution in [0.25, 0.3) is 0 Å². The molecule has 1 rings (SSSR count). The summed E-state index contributed by atoms with van der Waals surface area (Å²) in [6, 6.07) is 0.0667. The van der Waals surface area contributed by atoms with Crippen LogP contribution in [-0.2, 0) is 4.57 Å². The molecule has 2 atom stereocenters. The highest BCUT2D eigenvalue weighted by Gasteiger charge is 2.26. The van der Waals surface area contributed by atoms with Crippen LogP contribution in [0.5, 0.6) is 0 Å². The Morgan fingerprint density at radius 1 is 1.91 bits per heavy atom. The largest absolute Gasteiger partial charge is 0.341 e. The summed E-state index contributed by atoms with van der Waals surface area (Å²) in [6.45, 7) is 1.73. The molecule has 0 aromatic carbocycles. The van der Waals surface area contributed by atoms with Crippen molar-refractivity contribution < 1.29 is 9.46 Å². The molecule has 3 nitrogen and oxygen atoms in total. The molecule has 0 bridgehead atoms. The zero-order valence-corrected chi connectivity index (χ0v) is 7.55. The molecule has 3 N–H and O–H groups in total. The van der Waals surface area contributed by atoms with Gasteiger partial charge in [-0.2, -0.15) is 0 Å². The average Bonchev–Trinajstić information content (AvgIpc) is 2.36. The van der Waals surface area contributed by atoms with Gasteiger partial charge < -0.3 is 10.6 Å². The Hall–Kier alpha value is -0.110. The molecule has 0 aromatic rings. The normalized spacial score (nSPS) is 29.7. The lowest BCUT2D eigenvalue weighted by molar-refractivity contribution is 0.485. The van der Waals surface area contributed by atoms with Gasteiger partial charge in [-0.15, -0.1) is 0 Å². The van der Waals surface area contributed by atoms with Crippen molar-refractivity contribution in [2.75, 3.05) is 6.16 Å². The number of rotatable bonds is 2. The minimum absolute atomic E-state index is 0.0667. The van der Waals surface area contributed by atoms with E-state index in [1.807, 2.05) is 6.08 Å². The van der Waals surface area contributed by atoms with Gasteiger partial charge >= 0.3 is 0 Å². The summed E-state index contributed by atoms with van der Waals surface area (Å²) in [6.07, 6.45) is 3.49. The van der Waals surface area contributed by atoms with Crippen molar-refractivity contribution in [1.29, 1.82) is 0 Å². The Morgan fingerprint density at radius 2 is 2.55 bits per heavy atom. The SMILES string of the molecule is CCP(=O)(O)C1=CCC(N)C1. The first-order valence-corrected chi connectivity index (χ1v) is 5.67. The van der Waals surface area contributed by atoms with Crippen molar-refractivity contribution in [3.05, 3.63) is 11.4 Å². The first-order chi connectivity index (χ1) is 5.06. The first kappa shape index (κ1) is 8.98. The van der Waals surface area contributed by atoms with Crippen LogP contribution in [0.15, 0.2) is 11.4 Å². The molecule has 4 heteroatoms. The highest BCUT2D eigenvalue weighted by Crippen LogP contribution is 2.53. The van der Waals surface area contributed by atoms with Crippen molar-refractivity contribution in [2.24, 2.45) is 5.73 Å². The van der Waals surface area contributed by atoms with Crippen LogP contribution < -0.4 is 5.73 Å². The molecule has 0 spiro atoms. The molecule has 2 unspecified atom stereocenters. The quantitative estimate of drug-likeness (QED) is 0.621. The number of hydrogen-bond acceptors (Lipinski definition) is 2. The zero-order chi connectivity index (χ0) is 8.48. The van der Waals surface area contributed by atoms with Gasteiger partial charge in [0.2, 0.25) is 7.37 Å². The molecule has 0 saturated carbocycles. The van der Waals surface area contributed by atoms with Gasteiger partial charge in [-0.25, -0.2) is 0 Å². The topological polar surface area (TPSA) is 63.3 Å². The lowest BCUT2D eigenvalue weighted by Gasteiger charge is -2.10. The summed E-state index contributed by atoms with van der Waals surface area (Å²) in [5.41, 5.74) is 5.59. The molecule has 11 heavy (non-hydrogen) atoms. The molecule has 0 radical (unpaired) electrons. The first-order valence-electron chi connectivity index (χ1n) is 3.83. The van der Waals surface area contributed by atoms with Gasteiger partial charge in [0.25, 0.3) is 0 Å². The van der Waals surface area contributed by atoms with Gasteiger partial charge in [0.15, 0.2) is 0 Å². The summed E-state index contributed by atoms with van der Waals surface area (Å²) >= 11 is 0. The molecule has 0 amide bonds. The van der Waals surface area contributed by atoms with Gasteiger partial charge in [-0.3, -0.25) is 4.57 Å². The smallest absolute Gasteiger partial charge is 0.225 e. The minimum atomic E-state index is -2.98. The predicted octanol–water partition coefficient (Wildman–Crippen LogP) is 1.28. The third-order valence-electron chi connectivity index (χ3n) is 2.00. The van der Waals surface area contributed by atoms with Gasteiger partial charge in [0, 0.05) is 17.5 Å². The average molecular weight is 175 g/mol. The van der Waals surface area contributed by atoms with Crippen molar-refractivity contribution in [1.82, 2.24) is 0 Å². The van der Waals surface area contributed by atoms with Gasteiger partial charge in [0.1, 0.15) is 0 Å². The van der Waals surface area contributed by atoms with Crippen molar-refractivity contribution in [2.45, 2.75) is 25.8 Å². The Balaban J connectivity index is 2.70. The third-order valence-corrected chi connectivity index (χ3v) is 4.12. The second-order valence-electron chi connectivity index (χ2n) is 2.91. The van der Waals surface area contributed by atoms with E-state index >= 15 is 0 Å². The second-order valence-corrected chi connectivity index (χ2v) is 5.52. The summed E-state index contributed by atoms with van der Waals surface area (Å²) in [7, 11) is -2.98. The fourth-order valence-electron chi connectivity index (χ4n) is 1.21. The van der Waals surface area contributed by atoms with E-state index < -0.39 is 7.37 Å². The summed E-state index contributed by atoms with van der Waals surface area (Å²) < 4.78 is 11.4. The molecule has 0 heterocycles. The van der Waals surface area contributed by atoms with Gasteiger partial charge in [0.05, 0.1) is 0 Å². The van der Waals surface area contributed by atoms with Crippen molar-refractivity contribution in [3.63, 3.8) is 0 Å². The second kappa shape index (κ2) is 3.10. The maximum atomic E-state index is 11.4. The lowest BCUT2D eigenvalue weighted by atomic mass is 10.3. The maximum Gasteiger partial charge on any atom is 0.225 e. The molecule has 0 saturated heterocycles. The van der Waals surface area contributed by atoms with Crippen LogP contribution in [0.2, 0.25) is 0 Å². The molecule has 0 aliphatic heterocycles. The standard InChI is InChI=1S/C7H14NO2P/c1-2-11(9,10)7-4-3-6(8)5-7/h4,6H,2-3,5,8H2,1H3,(H,9,10). The summed E-state index contributed by atoms with van der Waals surface area (Å²) in [5, 5.41) is 0.674. The van der Waals surface area contributed by atoms with E-state index in [-0.39, 0.29) is 6.04 Å². The Morgan fingerprint density at radius 3 is 2.91 bits per heavy atom. The van der Waals surface area contributed by atoms with E-state index in [0.29, 0.717) is 17.9 Å². The maximum absolute atomic E-state index is 11.4. The van der Waals surface area contributed by atoms with Gasteiger partial charge in [-0.1, -0.05) is 13.0 Å². The van der Waals surface area contributed by atoms with Gasteiger partial charge in [-0.05, 0) is 12.8 Å². The predicted molar refractivity (Wildman–Crippen MR) is 45.7 cm³/mol. The van der Waals surface area contributed by atoms with Crippen LogP contribution >= 0.6 is 7.37 Å². The van der Waals surface area contributed by atoms with Crippen LogP contribution in [0, 0.1) is 0 Å². The fourth-order valence-corrected chi connectivity index (χ4v) is 2.53. The Labute approximate surface area is 66.7 Å². The van der Waals surface area contributed by atoms with E-state index in [4.69, 9.17) is 5.73 Å².